The summed E-state index contributed by atoms with van der Waals surface area (Å²) in [7, 11) is 0. The van der Waals surface area contributed by atoms with Gasteiger partial charge in [-0.25, -0.2) is 0 Å². The topological polar surface area (TPSA) is 59.9 Å². The van der Waals surface area contributed by atoms with E-state index in [1.165, 1.54) is 0 Å². The molecule has 0 spiro atoms. The molecule has 4 rings (SSSR count). The van der Waals surface area contributed by atoms with Crippen molar-refractivity contribution in [3.63, 3.8) is 0 Å². The molecule has 132 valence electrons. The molecular weight excluding hydrogens is 344 g/mol. The minimum absolute atomic E-state index is 0.334. The van der Waals surface area contributed by atoms with Crippen LogP contribution in [-0.4, -0.2) is 20.9 Å². The Balaban J connectivity index is 1.81. The Labute approximate surface area is 157 Å². The van der Waals surface area contributed by atoms with Gasteiger partial charge in [0.1, 0.15) is 0 Å². The predicted molar refractivity (Wildman–Crippen MR) is 104 cm³/mol. The van der Waals surface area contributed by atoms with E-state index in [-0.39, 0.29) is 6.23 Å². The first kappa shape index (κ1) is 16.8. The van der Waals surface area contributed by atoms with E-state index < -0.39 is 0 Å². The molecule has 26 heavy (non-hydrogen) atoms. The first-order chi connectivity index (χ1) is 12.8. The van der Waals surface area contributed by atoms with Gasteiger partial charge >= 0.3 is 0 Å². The van der Waals surface area contributed by atoms with Gasteiger partial charge in [0.2, 0.25) is 11.0 Å². The Bertz CT molecular complexity index is 931. The van der Waals surface area contributed by atoms with Crippen molar-refractivity contribution in [1.82, 2.24) is 15.2 Å². The molecule has 1 N–H and O–H groups in total. The number of aromatic nitrogens is 3. The first-order valence-corrected chi connectivity index (χ1v) is 9.70. The zero-order valence-corrected chi connectivity index (χ0v) is 15.6. The molecule has 1 aromatic heterocycles. The number of nitrogens with zero attached hydrogens (tertiary/aromatic N) is 3. The van der Waals surface area contributed by atoms with Crippen molar-refractivity contribution in [3.8, 4) is 17.1 Å². The van der Waals surface area contributed by atoms with Crippen LogP contribution in [0.1, 0.15) is 30.7 Å². The van der Waals surface area contributed by atoms with Crippen LogP contribution in [0.5, 0.6) is 5.88 Å². The fourth-order valence-corrected chi connectivity index (χ4v) is 3.56. The number of rotatable bonds is 4. The van der Waals surface area contributed by atoms with Crippen LogP contribution in [0, 0.1) is 6.92 Å². The van der Waals surface area contributed by atoms with Crippen molar-refractivity contribution >= 4 is 17.4 Å². The summed E-state index contributed by atoms with van der Waals surface area (Å²) in [5.74, 6) is 1.47. The molecular formula is C20H20N4OS. The molecule has 0 saturated heterocycles. The number of aryl methyl sites for hydroxylation is 1. The molecule has 0 unspecified atom stereocenters. The average molecular weight is 364 g/mol. The second-order valence-electron chi connectivity index (χ2n) is 6.14. The van der Waals surface area contributed by atoms with Gasteiger partial charge in [0.15, 0.2) is 11.9 Å². The molecule has 1 atom stereocenters. The predicted octanol–water partition coefficient (Wildman–Crippen LogP) is 4.85. The lowest BCUT2D eigenvalue weighted by atomic mass is 10.1. The fraction of sp³-hybridized carbons (Fsp3) is 0.250. The highest BCUT2D eigenvalue weighted by Gasteiger charge is 2.26. The van der Waals surface area contributed by atoms with Gasteiger partial charge < -0.3 is 10.1 Å². The van der Waals surface area contributed by atoms with E-state index in [1.54, 1.807) is 11.8 Å². The van der Waals surface area contributed by atoms with E-state index in [1.807, 2.05) is 36.4 Å². The number of hydrogen-bond acceptors (Lipinski definition) is 6. The van der Waals surface area contributed by atoms with Crippen LogP contribution in [0.25, 0.3) is 11.3 Å². The number of nitrogens with one attached hydrogen (secondary N) is 1. The number of benzene rings is 2. The summed E-state index contributed by atoms with van der Waals surface area (Å²) in [6.45, 7) is 4.22. The minimum atomic E-state index is -0.334. The van der Waals surface area contributed by atoms with E-state index in [4.69, 9.17) is 4.74 Å². The van der Waals surface area contributed by atoms with Crippen molar-refractivity contribution < 1.29 is 4.74 Å². The monoisotopic (exact) mass is 364 g/mol. The van der Waals surface area contributed by atoms with Crippen LogP contribution in [0.4, 0.5) is 5.69 Å². The summed E-state index contributed by atoms with van der Waals surface area (Å²) in [5, 5.41) is 12.8. The van der Waals surface area contributed by atoms with Gasteiger partial charge in [0.25, 0.3) is 0 Å². The second-order valence-corrected chi connectivity index (χ2v) is 7.20. The van der Waals surface area contributed by atoms with Crippen molar-refractivity contribution in [2.45, 2.75) is 31.7 Å². The molecule has 1 aliphatic rings. The molecule has 0 saturated carbocycles. The van der Waals surface area contributed by atoms with E-state index in [0.717, 1.165) is 34.6 Å². The third-order valence-electron chi connectivity index (χ3n) is 4.24. The fourth-order valence-electron chi connectivity index (χ4n) is 2.92. The highest BCUT2D eigenvalue weighted by molar-refractivity contribution is 7.99. The summed E-state index contributed by atoms with van der Waals surface area (Å²) < 4.78 is 6.29. The lowest BCUT2D eigenvalue weighted by Crippen LogP contribution is -2.18. The van der Waals surface area contributed by atoms with Crippen molar-refractivity contribution in [2.24, 2.45) is 0 Å². The maximum Gasteiger partial charge on any atom is 0.247 e. The van der Waals surface area contributed by atoms with Crippen molar-refractivity contribution in [2.75, 3.05) is 11.1 Å². The van der Waals surface area contributed by atoms with Crippen LogP contribution in [0.2, 0.25) is 0 Å². The summed E-state index contributed by atoms with van der Waals surface area (Å²) in [6, 6.07) is 16.2. The summed E-state index contributed by atoms with van der Waals surface area (Å²) in [6.07, 6.45) is 0.724. The molecule has 0 aliphatic carbocycles. The van der Waals surface area contributed by atoms with Crippen LogP contribution in [0.15, 0.2) is 53.7 Å². The van der Waals surface area contributed by atoms with Crippen LogP contribution in [0.3, 0.4) is 0 Å². The smallest absolute Gasteiger partial charge is 0.247 e. The molecule has 1 aliphatic heterocycles. The first-order valence-electron chi connectivity index (χ1n) is 8.72. The molecule has 0 bridgehead atoms. The molecule has 2 aromatic carbocycles. The van der Waals surface area contributed by atoms with Crippen LogP contribution < -0.4 is 10.1 Å². The SMILES string of the molecule is CCCSc1nnc2c(n1)O[C@H](c1ccccc1C)Nc1ccccc1-2. The third-order valence-corrected chi connectivity index (χ3v) is 5.28. The van der Waals surface area contributed by atoms with E-state index in [9.17, 15) is 0 Å². The molecule has 0 radical (unpaired) electrons. The highest BCUT2D eigenvalue weighted by Crippen LogP contribution is 2.39. The standard InChI is InChI=1S/C20H20N4OS/c1-3-12-26-20-22-19-17(23-24-20)15-10-6-7-11-16(15)21-18(25-19)14-9-5-4-8-13(14)2/h4-11,18,21H,3,12H2,1-2H3/t18-/m1/s1. The normalized spacial score (nSPS) is 15.2. The maximum atomic E-state index is 6.29. The summed E-state index contributed by atoms with van der Waals surface area (Å²) >= 11 is 1.60. The average Bonchev–Trinajstić information content (AvgIpc) is 2.83. The molecule has 3 aromatic rings. The van der Waals surface area contributed by atoms with Gasteiger partial charge in [-0.05, 0) is 25.0 Å². The van der Waals surface area contributed by atoms with Gasteiger partial charge in [-0.3, -0.25) is 0 Å². The van der Waals surface area contributed by atoms with E-state index in [2.05, 4.69) is 46.5 Å². The lowest BCUT2D eigenvalue weighted by Gasteiger charge is -2.20. The number of hydrogen-bond donors (Lipinski definition) is 1. The molecule has 5 nitrogen and oxygen atoms in total. The lowest BCUT2D eigenvalue weighted by molar-refractivity contribution is 0.224. The molecule has 6 heteroatoms. The van der Waals surface area contributed by atoms with Gasteiger partial charge in [-0.15, -0.1) is 10.2 Å². The van der Waals surface area contributed by atoms with E-state index in [0.29, 0.717) is 16.7 Å². The molecule has 2 heterocycles. The Kier molecular flexibility index (Phi) is 4.75. The quantitative estimate of drug-likeness (QED) is 0.668. The largest absolute Gasteiger partial charge is 0.448 e. The number of anilines is 1. The number of para-hydroxylation sites is 1. The Morgan fingerprint density at radius 2 is 1.88 bits per heavy atom. The van der Waals surface area contributed by atoms with Crippen molar-refractivity contribution in [1.29, 1.82) is 0 Å². The number of fused-ring (bicyclic) bond motifs is 3. The number of ether oxygens (including phenoxy) is 1. The van der Waals surface area contributed by atoms with E-state index >= 15 is 0 Å². The minimum Gasteiger partial charge on any atom is -0.448 e. The zero-order valence-electron chi connectivity index (χ0n) is 14.8. The number of thioether (sulfide) groups is 1. The van der Waals surface area contributed by atoms with Crippen molar-refractivity contribution in [3.05, 3.63) is 59.7 Å². The Hall–Kier alpha value is -2.60. The second kappa shape index (κ2) is 7.33. The van der Waals surface area contributed by atoms with Gasteiger partial charge in [-0.1, -0.05) is 61.2 Å². The van der Waals surface area contributed by atoms with Crippen LogP contribution in [-0.2, 0) is 0 Å². The van der Waals surface area contributed by atoms with Gasteiger partial charge in [-0.2, -0.15) is 4.98 Å². The third kappa shape index (κ3) is 3.24. The maximum absolute atomic E-state index is 6.29. The Morgan fingerprint density at radius 1 is 1.08 bits per heavy atom. The van der Waals surface area contributed by atoms with Gasteiger partial charge in [0, 0.05) is 22.6 Å². The van der Waals surface area contributed by atoms with Crippen LogP contribution >= 0.6 is 11.8 Å². The Morgan fingerprint density at radius 3 is 2.73 bits per heavy atom. The summed E-state index contributed by atoms with van der Waals surface area (Å²) in [4.78, 5) is 4.64. The summed E-state index contributed by atoms with van der Waals surface area (Å²) in [5.41, 5.74) is 4.82. The molecule has 0 amide bonds. The highest BCUT2D eigenvalue weighted by atomic mass is 32.2. The zero-order chi connectivity index (χ0) is 17.9. The molecule has 0 fully saturated rings. The van der Waals surface area contributed by atoms with Gasteiger partial charge in [0.05, 0.1) is 0 Å².